The fraction of sp³-hybridized carbons (Fsp3) is 0.308. The Morgan fingerprint density at radius 3 is 2.72 bits per heavy atom. The predicted octanol–water partition coefficient (Wildman–Crippen LogP) is 2.56. The number of fused-ring (bicyclic) bond motifs is 1. The van der Waals surface area contributed by atoms with Crippen LogP contribution < -0.4 is 4.74 Å². The van der Waals surface area contributed by atoms with E-state index in [-0.39, 0.29) is 12.4 Å². The third kappa shape index (κ3) is 2.16. The second-order valence-corrected chi connectivity index (χ2v) is 4.43. The summed E-state index contributed by atoms with van der Waals surface area (Å²) in [5.41, 5.74) is 1.86. The van der Waals surface area contributed by atoms with Gasteiger partial charge in [-0.15, -0.1) is 0 Å². The Morgan fingerprint density at radius 2 is 2.11 bits per heavy atom. The van der Waals surface area contributed by atoms with Crippen LogP contribution >= 0.6 is 11.6 Å². The molecule has 0 aliphatic heterocycles. The zero-order chi connectivity index (χ0) is 13.3. The zero-order valence-corrected chi connectivity index (χ0v) is 11.2. The second-order valence-electron chi connectivity index (χ2n) is 4.02. The maximum atomic E-state index is 11.4. The molecule has 96 valence electrons. The van der Waals surface area contributed by atoms with E-state index in [4.69, 9.17) is 16.3 Å². The lowest BCUT2D eigenvalue weighted by atomic mass is 10.1. The number of nitrogens with zero attached hydrogens (tertiary/aromatic N) is 1. The fourth-order valence-electron chi connectivity index (χ4n) is 1.99. The highest BCUT2D eigenvalue weighted by atomic mass is 35.5. The standard InChI is InChI=1S/C13H14ClNO3/c1-15-7-8(4-13(16)18-3)9-5-12(17-2)10(14)6-11(9)15/h5-7H,4H2,1-3H3. The van der Waals surface area contributed by atoms with E-state index in [1.807, 2.05) is 29.9 Å². The molecule has 4 nitrogen and oxygen atoms in total. The molecule has 2 aromatic rings. The van der Waals surface area contributed by atoms with Crippen LogP contribution in [-0.2, 0) is 23.0 Å². The molecule has 0 unspecified atom stereocenters. The van der Waals surface area contributed by atoms with Crippen molar-refractivity contribution in [2.45, 2.75) is 6.42 Å². The van der Waals surface area contributed by atoms with Crippen LogP contribution in [0.2, 0.25) is 5.02 Å². The maximum absolute atomic E-state index is 11.4. The van der Waals surface area contributed by atoms with Gasteiger partial charge in [0.05, 0.1) is 25.7 Å². The molecule has 0 aliphatic rings. The second kappa shape index (κ2) is 4.90. The van der Waals surface area contributed by atoms with Gasteiger partial charge in [-0.1, -0.05) is 11.6 Å². The summed E-state index contributed by atoms with van der Waals surface area (Å²) in [5.74, 6) is 0.331. The van der Waals surface area contributed by atoms with Crippen molar-refractivity contribution in [2.24, 2.45) is 7.05 Å². The van der Waals surface area contributed by atoms with Gasteiger partial charge < -0.3 is 14.0 Å². The maximum Gasteiger partial charge on any atom is 0.310 e. The summed E-state index contributed by atoms with van der Waals surface area (Å²) in [6, 6.07) is 3.67. The molecular weight excluding hydrogens is 254 g/mol. The van der Waals surface area contributed by atoms with E-state index in [2.05, 4.69) is 4.74 Å². The highest BCUT2D eigenvalue weighted by molar-refractivity contribution is 6.32. The quantitative estimate of drug-likeness (QED) is 0.803. The van der Waals surface area contributed by atoms with Crippen molar-refractivity contribution in [1.29, 1.82) is 0 Å². The van der Waals surface area contributed by atoms with Crippen molar-refractivity contribution in [3.8, 4) is 5.75 Å². The highest BCUT2D eigenvalue weighted by Crippen LogP contribution is 2.32. The number of rotatable bonds is 3. The van der Waals surface area contributed by atoms with Crippen LogP contribution in [0.15, 0.2) is 18.3 Å². The molecule has 1 aromatic carbocycles. The molecule has 18 heavy (non-hydrogen) atoms. The van der Waals surface area contributed by atoms with Crippen LogP contribution in [0, 0.1) is 0 Å². The SMILES string of the molecule is COC(=O)Cc1cn(C)c2cc(Cl)c(OC)cc12. The van der Waals surface area contributed by atoms with Crippen LogP contribution in [-0.4, -0.2) is 24.8 Å². The summed E-state index contributed by atoms with van der Waals surface area (Å²) in [4.78, 5) is 11.4. The number of ether oxygens (including phenoxy) is 2. The fourth-order valence-corrected chi connectivity index (χ4v) is 2.22. The molecule has 0 atom stereocenters. The molecule has 0 saturated heterocycles. The van der Waals surface area contributed by atoms with E-state index in [9.17, 15) is 4.79 Å². The van der Waals surface area contributed by atoms with Gasteiger partial charge in [0.15, 0.2) is 0 Å². The Morgan fingerprint density at radius 1 is 1.39 bits per heavy atom. The molecule has 0 radical (unpaired) electrons. The van der Waals surface area contributed by atoms with Gasteiger partial charge in [0.1, 0.15) is 5.75 Å². The number of benzene rings is 1. The van der Waals surface area contributed by atoms with Gasteiger partial charge in [-0.05, 0) is 17.7 Å². The third-order valence-electron chi connectivity index (χ3n) is 2.91. The van der Waals surface area contributed by atoms with E-state index in [1.165, 1.54) is 7.11 Å². The van der Waals surface area contributed by atoms with Crippen molar-refractivity contribution in [3.63, 3.8) is 0 Å². The normalized spacial score (nSPS) is 10.7. The lowest BCUT2D eigenvalue weighted by Gasteiger charge is -2.04. The van der Waals surface area contributed by atoms with Gasteiger partial charge in [-0.3, -0.25) is 4.79 Å². The van der Waals surface area contributed by atoms with Crippen molar-refractivity contribution < 1.29 is 14.3 Å². The Hall–Kier alpha value is -1.68. The number of hydrogen-bond acceptors (Lipinski definition) is 3. The largest absolute Gasteiger partial charge is 0.495 e. The van der Waals surface area contributed by atoms with Crippen molar-refractivity contribution >= 4 is 28.5 Å². The molecule has 0 amide bonds. The lowest BCUT2D eigenvalue weighted by Crippen LogP contribution is -2.03. The average Bonchev–Trinajstić information content (AvgIpc) is 2.64. The summed E-state index contributed by atoms with van der Waals surface area (Å²) < 4.78 is 11.8. The summed E-state index contributed by atoms with van der Waals surface area (Å²) in [7, 11) is 4.85. The predicted molar refractivity (Wildman–Crippen MR) is 70.2 cm³/mol. The van der Waals surface area contributed by atoms with E-state index in [0.717, 1.165) is 16.5 Å². The number of aromatic nitrogens is 1. The Balaban J connectivity index is 2.58. The first-order chi connectivity index (χ1) is 8.56. The van der Waals surface area contributed by atoms with Crippen LogP contribution in [0.25, 0.3) is 10.9 Å². The van der Waals surface area contributed by atoms with E-state index in [0.29, 0.717) is 10.8 Å². The molecule has 0 bridgehead atoms. The summed E-state index contributed by atoms with van der Waals surface area (Å²) in [6.45, 7) is 0. The van der Waals surface area contributed by atoms with Crippen LogP contribution in [0.4, 0.5) is 0 Å². The van der Waals surface area contributed by atoms with Crippen molar-refractivity contribution in [3.05, 3.63) is 28.9 Å². The number of methoxy groups -OCH3 is 2. The van der Waals surface area contributed by atoms with Gasteiger partial charge in [0.2, 0.25) is 0 Å². The first kappa shape index (κ1) is 12.8. The molecular formula is C13H14ClNO3. The molecule has 1 heterocycles. The third-order valence-corrected chi connectivity index (χ3v) is 3.20. The highest BCUT2D eigenvalue weighted by Gasteiger charge is 2.13. The molecule has 0 aliphatic carbocycles. The van der Waals surface area contributed by atoms with Crippen LogP contribution in [0.5, 0.6) is 5.75 Å². The molecule has 0 saturated carbocycles. The number of carbonyl (C=O) groups excluding carboxylic acids is 1. The minimum Gasteiger partial charge on any atom is -0.495 e. The van der Waals surface area contributed by atoms with Crippen LogP contribution in [0.1, 0.15) is 5.56 Å². The van der Waals surface area contributed by atoms with Gasteiger partial charge in [0, 0.05) is 24.1 Å². The number of halogens is 1. The number of hydrogen-bond donors (Lipinski definition) is 0. The van der Waals surface area contributed by atoms with Crippen molar-refractivity contribution in [2.75, 3.05) is 14.2 Å². The number of esters is 1. The average molecular weight is 268 g/mol. The molecule has 0 N–H and O–H groups in total. The van der Waals surface area contributed by atoms with Gasteiger partial charge in [-0.25, -0.2) is 0 Å². The van der Waals surface area contributed by atoms with Crippen LogP contribution in [0.3, 0.4) is 0 Å². The summed E-state index contributed by atoms with van der Waals surface area (Å²) in [6.07, 6.45) is 2.13. The van der Waals surface area contributed by atoms with Gasteiger partial charge in [-0.2, -0.15) is 0 Å². The molecule has 1 aromatic heterocycles. The summed E-state index contributed by atoms with van der Waals surface area (Å²) >= 11 is 6.09. The Labute approximate surface area is 110 Å². The lowest BCUT2D eigenvalue weighted by molar-refractivity contribution is -0.139. The summed E-state index contributed by atoms with van der Waals surface area (Å²) in [5, 5.41) is 1.50. The van der Waals surface area contributed by atoms with E-state index >= 15 is 0 Å². The molecule has 0 fully saturated rings. The molecule has 0 spiro atoms. The van der Waals surface area contributed by atoms with E-state index < -0.39 is 0 Å². The minimum atomic E-state index is -0.267. The number of carbonyl (C=O) groups is 1. The minimum absolute atomic E-state index is 0.235. The molecule has 2 rings (SSSR count). The molecule has 5 heteroatoms. The first-order valence-electron chi connectivity index (χ1n) is 5.45. The van der Waals surface area contributed by atoms with Gasteiger partial charge in [0.25, 0.3) is 0 Å². The topological polar surface area (TPSA) is 40.5 Å². The van der Waals surface area contributed by atoms with Crippen molar-refractivity contribution in [1.82, 2.24) is 4.57 Å². The Bertz CT molecular complexity index is 604. The monoisotopic (exact) mass is 267 g/mol. The zero-order valence-electron chi connectivity index (χ0n) is 10.5. The smallest absolute Gasteiger partial charge is 0.310 e. The van der Waals surface area contributed by atoms with Gasteiger partial charge >= 0.3 is 5.97 Å². The Kier molecular flexibility index (Phi) is 3.48. The first-order valence-corrected chi connectivity index (χ1v) is 5.83. The number of aryl methyl sites for hydroxylation is 1. The van der Waals surface area contributed by atoms with E-state index in [1.54, 1.807) is 7.11 Å².